The first-order chi connectivity index (χ1) is 10.2. The van der Waals surface area contributed by atoms with E-state index < -0.39 is 0 Å². The summed E-state index contributed by atoms with van der Waals surface area (Å²) in [6.45, 7) is 0. The molecule has 5 heteroatoms. The summed E-state index contributed by atoms with van der Waals surface area (Å²) in [7, 11) is 3.27. The third-order valence-corrected chi connectivity index (χ3v) is 4.16. The average Bonchev–Trinajstić information content (AvgIpc) is 2.53. The van der Waals surface area contributed by atoms with E-state index in [1.165, 1.54) is 5.56 Å². The number of pyridine rings is 1. The maximum Gasteiger partial charge on any atom is 0.141 e. The molecule has 1 heterocycles. The van der Waals surface area contributed by atoms with Gasteiger partial charge in [-0.2, -0.15) is 0 Å². The minimum Gasteiger partial charge on any atom is -0.495 e. The molecule has 2 rings (SSSR count). The first-order valence-electron chi connectivity index (χ1n) is 6.72. The van der Waals surface area contributed by atoms with Crippen LogP contribution in [0.15, 0.2) is 41.1 Å². The van der Waals surface area contributed by atoms with Crippen molar-refractivity contribution in [3.63, 3.8) is 0 Å². The Morgan fingerprint density at radius 2 is 1.86 bits per heavy atom. The largest absolute Gasteiger partial charge is 0.495 e. The number of rotatable bonds is 6. The molecule has 2 N–H and O–H groups in total. The van der Waals surface area contributed by atoms with Crippen LogP contribution in [0, 0.1) is 0 Å². The smallest absolute Gasteiger partial charge is 0.141 e. The summed E-state index contributed by atoms with van der Waals surface area (Å²) in [4.78, 5) is 4.02. The van der Waals surface area contributed by atoms with E-state index in [1.54, 1.807) is 26.6 Å². The molecule has 2 aromatic rings. The van der Waals surface area contributed by atoms with Crippen molar-refractivity contribution in [3.8, 4) is 11.5 Å². The molecule has 0 aliphatic rings. The maximum absolute atomic E-state index is 6.32. The first kappa shape index (κ1) is 15.8. The third-order valence-electron chi connectivity index (χ3n) is 3.41. The molecule has 0 spiro atoms. The quantitative estimate of drug-likeness (QED) is 0.866. The molecule has 1 atom stereocenters. The van der Waals surface area contributed by atoms with Crippen LogP contribution in [0.2, 0.25) is 0 Å². The lowest BCUT2D eigenvalue weighted by Gasteiger charge is -2.18. The average molecular weight is 351 g/mol. The van der Waals surface area contributed by atoms with Gasteiger partial charge < -0.3 is 15.2 Å². The molecule has 1 unspecified atom stereocenters. The van der Waals surface area contributed by atoms with Crippen molar-refractivity contribution < 1.29 is 9.47 Å². The molecular weight excluding hydrogens is 332 g/mol. The van der Waals surface area contributed by atoms with E-state index in [0.717, 1.165) is 34.4 Å². The van der Waals surface area contributed by atoms with Gasteiger partial charge >= 0.3 is 0 Å². The van der Waals surface area contributed by atoms with Crippen molar-refractivity contribution in [1.29, 1.82) is 0 Å². The zero-order chi connectivity index (χ0) is 15.2. The minimum atomic E-state index is -0.102. The number of halogens is 1. The molecule has 0 amide bonds. The summed E-state index contributed by atoms with van der Waals surface area (Å²) in [6, 6.07) is 7.77. The van der Waals surface area contributed by atoms with E-state index in [2.05, 4.69) is 20.9 Å². The summed E-state index contributed by atoms with van der Waals surface area (Å²) < 4.78 is 11.5. The Morgan fingerprint density at radius 3 is 2.48 bits per heavy atom. The van der Waals surface area contributed by atoms with Gasteiger partial charge in [0.15, 0.2) is 0 Å². The third kappa shape index (κ3) is 3.74. The van der Waals surface area contributed by atoms with Crippen molar-refractivity contribution in [3.05, 3.63) is 52.3 Å². The SMILES string of the molecule is COc1ccc(C(N)CCc2ccncc2)c(OC)c1Br. The van der Waals surface area contributed by atoms with E-state index in [-0.39, 0.29) is 6.04 Å². The zero-order valence-corrected chi connectivity index (χ0v) is 13.8. The summed E-state index contributed by atoms with van der Waals surface area (Å²) in [5, 5.41) is 0. The van der Waals surface area contributed by atoms with Crippen molar-refractivity contribution in [2.75, 3.05) is 14.2 Å². The van der Waals surface area contributed by atoms with Crippen molar-refractivity contribution in [2.45, 2.75) is 18.9 Å². The lowest BCUT2D eigenvalue weighted by molar-refractivity contribution is 0.382. The summed E-state index contributed by atoms with van der Waals surface area (Å²) >= 11 is 3.50. The highest BCUT2D eigenvalue weighted by Crippen LogP contribution is 2.39. The number of hydrogen-bond donors (Lipinski definition) is 1. The number of ether oxygens (including phenoxy) is 2. The van der Waals surface area contributed by atoms with Crippen LogP contribution in [0.1, 0.15) is 23.6 Å². The van der Waals surface area contributed by atoms with Gasteiger partial charge in [-0.1, -0.05) is 0 Å². The normalized spacial score (nSPS) is 12.0. The van der Waals surface area contributed by atoms with Gasteiger partial charge in [0.1, 0.15) is 16.0 Å². The highest BCUT2D eigenvalue weighted by Gasteiger charge is 2.17. The summed E-state index contributed by atoms with van der Waals surface area (Å²) in [5.41, 5.74) is 8.52. The van der Waals surface area contributed by atoms with Crippen molar-refractivity contribution >= 4 is 15.9 Å². The van der Waals surface area contributed by atoms with Crippen LogP contribution < -0.4 is 15.2 Å². The van der Waals surface area contributed by atoms with Crippen LogP contribution in [0.3, 0.4) is 0 Å². The lowest BCUT2D eigenvalue weighted by atomic mass is 9.99. The Morgan fingerprint density at radius 1 is 1.14 bits per heavy atom. The standard InChI is InChI=1S/C16H19BrN2O2/c1-20-14-6-4-12(16(21-2)15(14)17)13(18)5-3-11-7-9-19-10-8-11/h4,6-10,13H,3,5,18H2,1-2H3. The molecule has 0 aliphatic carbocycles. The Bertz CT molecular complexity index is 590. The molecule has 0 bridgehead atoms. The van der Waals surface area contributed by atoms with Gasteiger partial charge in [0.05, 0.1) is 14.2 Å². The van der Waals surface area contributed by atoms with Crippen LogP contribution in [0.4, 0.5) is 0 Å². The fourth-order valence-corrected chi connectivity index (χ4v) is 2.92. The van der Waals surface area contributed by atoms with E-state index in [4.69, 9.17) is 15.2 Å². The summed E-state index contributed by atoms with van der Waals surface area (Å²) in [5.74, 6) is 1.47. The molecule has 112 valence electrons. The van der Waals surface area contributed by atoms with Crippen LogP contribution >= 0.6 is 15.9 Å². The lowest BCUT2D eigenvalue weighted by Crippen LogP contribution is -2.13. The maximum atomic E-state index is 6.32. The van der Waals surface area contributed by atoms with Gasteiger partial charge in [0.25, 0.3) is 0 Å². The molecule has 0 saturated carbocycles. The second kappa shape index (κ2) is 7.43. The van der Waals surface area contributed by atoms with Crippen molar-refractivity contribution in [2.24, 2.45) is 5.73 Å². The van der Waals surface area contributed by atoms with Crippen LogP contribution in [-0.4, -0.2) is 19.2 Å². The van der Waals surface area contributed by atoms with Gasteiger partial charge in [-0.25, -0.2) is 0 Å². The fourth-order valence-electron chi connectivity index (χ4n) is 2.24. The van der Waals surface area contributed by atoms with Crippen LogP contribution in [0.5, 0.6) is 11.5 Å². The fraction of sp³-hybridized carbons (Fsp3) is 0.312. The number of nitrogens with zero attached hydrogens (tertiary/aromatic N) is 1. The van der Waals surface area contributed by atoms with E-state index in [0.29, 0.717) is 0 Å². The number of nitrogens with two attached hydrogens (primary N) is 1. The Hall–Kier alpha value is -1.59. The molecule has 1 aromatic carbocycles. The number of hydrogen-bond acceptors (Lipinski definition) is 4. The minimum absolute atomic E-state index is 0.102. The molecule has 1 aromatic heterocycles. The molecule has 21 heavy (non-hydrogen) atoms. The molecule has 4 nitrogen and oxygen atoms in total. The number of benzene rings is 1. The molecule has 0 radical (unpaired) electrons. The second-order valence-corrected chi connectivity index (χ2v) is 5.50. The van der Waals surface area contributed by atoms with Gasteiger partial charge in [0, 0.05) is 24.0 Å². The van der Waals surface area contributed by atoms with Crippen LogP contribution in [0.25, 0.3) is 0 Å². The number of aryl methyl sites for hydroxylation is 1. The van der Waals surface area contributed by atoms with E-state index in [1.807, 2.05) is 24.3 Å². The number of methoxy groups -OCH3 is 2. The van der Waals surface area contributed by atoms with Crippen LogP contribution in [-0.2, 0) is 6.42 Å². The molecule has 0 aliphatic heterocycles. The van der Waals surface area contributed by atoms with Gasteiger partial charge in [-0.3, -0.25) is 4.98 Å². The van der Waals surface area contributed by atoms with Gasteiger partial charge in [0.2, 0.25) is 0 Å². The van der Waals surface area contributed by atoms with E-state index >= 15 is 0 Å². The number of aromatic nitrogens is 1. The second-order valence-electron chi connectivity index (χ2n) is 4.70. The highest BCUT2D eigenvalue weighted by atomic mass is 79.9. The van der Waals surface area contributed by atoms with Gasteiger partial charge in [-0.05, 0) is 58.6 Å². The van der Waals surface area contributed by atoms with Crippen molar-refractivity contribution in [1.82, 2.24) is 4.98 Å². The van der Waals surface area contributed by atoms with E-state index in [9.17, 15) is 0 Å². The molecule has 0 fully saturated rings. The topological polar surface area (TPSA) is 57.4 Å². The monoisotopic (exact) mass is 350 g/mol. The Balaban J connectivity index is 2.15. The Labute approximate surface area is 133 Å². The zero-order valence-electron chi connectivity index (χ0n) is 12.2. The highest BCUT2D eigenvalue weighted by molar-refractivity contribution is 9.10. The summed E-state index contributed by atoms with van der Waals surface area (Å²) in [6.07, 6.45) is 5.33. The molecule has 0 saturated heterocycles. The predicted octanol–water partition coefficient (Wildman–Crippen LogP) is 3.49. The molecular formula is C16H19BrN2O2. The Kier molecular flexibility index (Phi) is 5.59. The predicted molar refractivity (Wildman–Crippen MR) is 86.7 cm³/mol. The van der Waals surface area contributed by atoms with Gasteiger partial charge in [-0.15, -0.1) is 0 Å². The first-order valence-corrected chi connectivity index (χ1v) is 7.51.